The van der Waals surface area contributed by atoms with Crippen LogP contribution in [0.5, 0.6) is 0 Å². The number of anilines is 1. The number of carbonyl (C=O) groups excluding carboxylic acids is 1. The standard InChI is InChI=1S/C25H29ClN6O4/c1-15(24(34)35)10-19-17(4-3-5-20(19)26)12-27-23(33)21-13-32(14-29-21)22-16(2)11-28-25(31-22)30-18-6-8-36-9-7-18/h3-5,11,13-15,18H,6-10,12H2,1-2H3,(H,27,33)(H,34,35)(H,28,30,31). The summed E-state index contributed by atoms with van der Waals surface area (Å²) in [5, 5.41) is 15.9. The number of hydrogen-bond acceptors (Lipinski definition) is 7. The van der Waals surface area contributed by atoms with Crippen molar-refractivity contribution in [1.82, 2.24) is 24.8 Å². The van der Waals surface area contributed by atoms with Gasteiger partial charge >= 0.3 is 5.97 Å². The van der Waals surface area contributed by atoms with Gasteiger partial charge in [-0.3, -0.25) is 14.2 Å². The molecule has 1 atom stereocenters. The van der Waals surface area contributed by atoms with Crippen LogP contribution in [0.25, 0.3) is 5.82 Å². The zero-order valence-electron chi connectivity index (χ0n) is 20.2. The van der Waals surface area contributed by atoms with Crippen LogP contribution in [-0.4, -0.2) is 55.8 Å². The van der Waals surface area contributed by atoms with Crippen LogP contribution in [0.3, 0.4) is 0 Å². The Morgan fingerprint density at radius 1 is 1.28 bits per heavy atom. The summed E-state index contributed by atoms with van der Waals surface area (Å²) in [7, 11) is 0. The van der Waals surface area contributed by atoms with E-state index < -0.39 is 11.9 Å². The Morgan fingerprint density at radius 2 is 2.06 bits per heavy atom. The van der Waals surface area contributed by atoms with Crippen LogP contribution in [0, 0.1) is 12.8 Å². The van der Waals surface area contributed by atoms with Gasteiger partial charge in [-0.1, -0.05) is 30.7 Å². The molecule has 190 valence electrons. The lowest BCUT2D eigenvalue weighted by Gasteiger charge is -2.23. The Kier molecular flexibility index (Phi) is 8.17. The van der Waals surface area contributed by atoms with Crippen LogP contribution in [0.2, 0.25) is 5.02 Å². The summed E-state index contributed by atoms with van der Waals surface area (Å²) in [6.07, 6.45) is 6.96. The van der Waals surface area contributed by atoms with Crippen molar-refractivity contribution in [2.24, 2.45) is 5.92 Å². The first-order valence-corrected chi connectivity index (χ1v) is 12.2. The quantitative estimate of drug-likeness (QED) is 0.397. The van der Waals surface area contributed by atoms with Gasteiger partial charge in [-0.25, -0.2) is 9.97 Å². The molecule has 1 unspecified atom stereocenters. The number of carbonyl (C=O) groups is 2. The van der Waals surface area contributed by atoms with Gasteiger partial charge in [0.15, 0.2) is 0 Å². The second-order valence-corrected chi connectivity index (χ2v) is 9.31. The molecule has 3 heterocycles. The number of ether oxygens (including phenoxy) is 1. The molecule has 0 radical (unpaired) electrons. The van der Waals surface area contributed by atoms with E-state index in [1.165, 1.54) is 0 Å². The predicted molar refractivity (Wildman–Crippen MR) is 134 cm³/mol. The SMILES string of the molecule is Cc1cnc(NC2CCOCC2)nc1-n1cnc(C(=O)NCc2cccc(Cl)c2CC(C)C(=O)O)c1. The first-order chi connectivity index (χ1) is 17.3. The summed E-state index contributed by atoms with van der Waals surface area (Å²) in [5.74, 6) is -0.714. The smallest absolute Gasteiger partial charge is 0.306 e. The molecule has 0 spiro atoms. The highest BCUT2D eigenvalue weighted by Crippen LogP contribution is 2.24. The largest absolute Gasteiger partial charge is 0.481 e. The van der Waals surface area contributed by atoms with Gasteiger partial charge in [0.05, 0.1) is 5.92 Å². The minimum absolute atomic E-state index is 0.194. The summed E-state index contributed by atoms with van der Waals surface area (Å²) in [4.78, 5) is 37.4. The number of carboxylic acid groups (broad SMARTS) is 1. The summed E-state index contributed by atoms with van der Waals surface area (Å²) in [5.41, 5.74) is 2.54. The van der Waals surface area contributed by atoms with E-state index in [-0.39, 0.29) is 30.6 Å². The monoisotopic (exact) mass is 512 g/mol. The van der Waals surface area contributed by atoms with Gasteiger partial charge in [0.2, 0.25) is 5.95 Å². The van der Waals surface area contributed by atoms with Crippen molar-refractivity contribution < 1.29 is 19.4 Å². The number of hydrogen-bond donors (Lipinski definition) is 3. The lowest BCUT2D eigenvalue weighted by molar-refractivity contribution is -0.141. The number of nitrogens with zero attached hydrogens (tertiary/aromatic N) is 4. The summed E-state index contributed by atoms with van der Waals surface area (Å²) in [6, 6.07) is 5.57. The van der Waals surface area contributed by atoms with E-state index in [0.717, 1.165) is 24.0 Å². The van der Waals surface area contributed by atoms with Gasteiger partial charge in [0.1, 0.15) is 17.8 Å². The van der Waals surface area contributed by atoms with Crippen molar-refractivity contribution in [2.75, 3.05) is 18.5 Å². The Bertz CT molecular complexity index is 1240. The van der Waals surface area contributed by atoms with Gasteiger partial charge in [-0.15, -0.1) is 0 Å². The number of rotatable bonds is 9. The number of benzene rings is 1. The number of aromatic nitrogens is 4. The number of nitrogens with one attached hydrogen (secondary N) is 2. The van der Waals surface area contributed by atoms with E-state index in [2.05, 4.69) is 25.6 Å². The minimum atomic E-state index is -0.901. The van der Waals surface area contributed by atoms with Crippen LogP contribution in [0.1, 0.15) is 46.9 Å². The van der Waals surface area contributed by atoms with Gasteiger partial charge in [0.25, 0.3) is 5.91 Å². The molecule has 11 heteroatoms. The average molecular weight is 513 g/mol. The molecule has 10 nitrogen and oxygen atoms in total. The Hall–Kier alpha value is -3.50. The van der Waals surface area contributed by atoms with Crippen LogP contribution >= 0.6 is 11.6 Å². The molecular weight excluding hydrogens is 484 g/mol. The molecule has 1 aliphatic heterocycles. The molecule has 1 aromatic carbocycles. The van der Waals surface area contributed by atoms with E-state index in [1.807, 2.05) is 13.0 Å². The second kappa shape index (κ2) is 11.5. The lowest BCUT2D eigenvalue weighted by atomic mass is 9.96. The topological polar surface area (TPSA) is 131 Å². The third kappa shape index (κ3) is 6.19. The molecule has 2 aromatic heterocycles. The van der Waals surface area contributed by atoms with Crippen molar-refractivity contribution in [3.05, 3.63) is 64.3 Å². The Labute approximate surface area is 214 Å². The van der Waals surface area contributed by atoms with Crippen LogP contribution in [0.4, 0.5) is 5.95 Å². The molecule has 0 aliphatic carbocycles. The van der Waals surface area contributed by atoms with E-state index in [4.69, 9.17) is 16.3 Å². The number of amides is 1. The Morgan fingerprint density at radius 3 is 2.81 bits per heavy atom. The van der Waals surface area contributed by atoms with Crippen LogP contribution < -0.4 is 10.6 Å². The molecule has 1 amide bonds. The second-order valence-electron chi connectivity index (χ2n) is 8.90. The number of aliphatic carboxylic acids is 1. The minimum Gasteiger partial charge on any atom is -0.481 e. The van der Waals surface area contributed by atoms with Gasteiger partial charge in [-0.05, 0) is 43.4 Å². The molecular formula is C25H29ClN6O4. The highest BCUT2D eigenvalue weighted by atomic mass is 35.5. The molecule has 1 aliphatic rings. The molecule has 36 heavy (non-hydrogen) atoms. The van der Waals surface area contributed by atoms with Crippen molar-refractivity contribution in [1.29, 1.82) is 0 Å². The third-order valence-electron chi connectivity index (χ3n) is 6.15. The first-order valence-electron chi connectivity index (χ1n) is 11.8. The van der Waals surface area contributed by atoms with Crippen LogP contribution in [0.15, 0.2) is 36.9 Å². The maximum absolute atomic E-state index is 12.8. The number of aryl methyl sites for hydroxylation is 1. The lowest BCUT2D eigenvalue weighted by Crippen LogP contribution is -2.28. The molecule has 0 saturated carbocycles. The normalized spacial score (nSPS) is 14.9. The zero-order valence-corrected chi connectivity index (χ0v) is 21.0. The van der Waals surface area contributed by atoms with E-state index in [9.17, 15) is 14.7 Å². The fraction of sp³-hybridized carbons (Fsp3) is 0.400. The van der Waals surface area contributed by atoms with E-state index >= 15 is 0 Å². The molecule has 3 aromatic rings. The van der Waals surface area contributed by atoms with Crippen LogP contribution in [-0.2, 0) is 22.5 Å². The third-order valence-corrected chi connectivity index (χ3v) is 6.50. The molecule has 0 bridgehead atoms. The van der Waals surface area contributed by atoms with E-state index in [0.29, 0.717) is 35.6 Å². The summed E-state index contributed by atoms with van der Waals surface area (Å²) >= 11 is 6.33. The molecule has 1 fully saturated rings. The number of imidazole rings is 1. The molecule has 4 rings (SSSR count). The predicted octanol–water partition coefficient (Wildman–Crippen LogP) is 3.41. The number of halogens is 1. The van der Waals surface area contributed by atoms with Gasteiger partial charge in [-0.2, -0.15) is 4.98 Å². The maximum Gasteiger partial charge on any atom is 0.306 e. The maximum atomic E-state index is 12.8. The van der Waals surface area contributed by atoms with E-state index in [1.54, 1.807) is 42.3 Å². The Balaban J connectivity index is 1.44. The highest BCUT2D eigenvalue weighted by molar-refractivity contribution is 6.31. The number of carboxylic acids is 1. The highest BCUT2D eigenvalue weighted by Gasteiger charge is 2.19. The summed E-state index contributed by atoms with van der Waals surface area (Å²) < 4.78 is 7.10. The molecule has 1 saturated heterocycles. The van der Waals surface area contributed by atoms with Crippen molar-refractivity contribution >= 4 is 29.4 Å². The van der Waals surface area contributed by atoms with Crippen molar-refractivity contribution in [3.63, 3.8) is 0 Å². The van der Waals surface area contributed by atoms with Crippen molar-refractivity contribution in [3.8, 4) is 5.82 Å². The van der Waals surface area contributed by atoms with Gasteiger partial charge in [0, 0.05) is 48.8 Å². The zero-order chi connectivity index (χ0) is 25.7. The summed E-state index contributed by atoms with van der Waals surface area (Å²) in [6.45, 7) is 5.14. The van der Waals surface area contributed by atoms with Gasteiger partial charge < -0.3 is 20.5 Å². The first kappa shape index (κ1) is 25.6. The average Bonchev–Trinajstić information content (AvgIpc) is 3.36. The fourth-order valence-corrected chi connectivity index (χ4v) is 4.27. The fourth-order valence-electron chi connectivity index (χ4n) is 4.00. The van der Waals surface area contributed by atoms with Crippen molar-refractivity contribution in [2.45, 2.75) is 45.7 Å². The molecule has 3 N–H and O–H groups in total.